The average Bonchev–Trinajstić information content (AvgIpc) is 3.02. The van der Waals surface area contributed by atoms with Gasteiger partial charge in [0.05, 0.1) is 0 Å². The third kappa shape index (κ3) is 7.08. The minimum Gasteiger partial charge on any atom is -0.342 e. The standard InChI is InChI=1S/C33H38N4O3/c38-31(36-20-8-3-9-21-36)28-18-22-37(23-19-28)32(39)30(24-25-10-4-1-5-11-25)35-33(40)34-29-16-14-27(15-17-29)26-12-6-2-7-13-26/h1-2,4-7,10-17,28,30H,3,8-9,18-24H2,(H2,34,35,40)/t30-/m0/s1. The van der Waals surface area contributed by atoms with E-state index in [1.807, 2.05) is 94.7 Å². The molecule has 0 unspecified atom stereocenters. The number of urea groups is 1. The highest BCUT2D eigenvalue weighted by atomic mass is 16.2. The van der Waals surface area contributed by atoms with Gasteiger partial charge in [0, 0.05) is 44.2 Å². The zero-order valence-electron chi connectivity index (χ0n) is 22.9. The van der Waals surface area contributed by atoms with Crippen molar-refractivity contribution >= 4 is 23.5 Å². The van der Waals surface area contributed by atoms with Crippen LogP contribution in [0.4, 0.5) is 10.5 Å². The fourth-order valence-electron chi connectivity index (χ4n) is 5.69. The molecule has 0 spiro atoms. The van der Waals surface area contributed by atoms with Crippen molar-refractivity contribution in [1.82, 2.24) is 15.1 Å². The van der Waals surface area contributed by atoms with Crippen LogP contribution in [0.25, 0.3) is 11.1 Å². The van der Waals surface area contributed by atoms with Gasteiger partial charge in [-0.15, -0.1) is 0 Å². The molecule has 1 atom stereocenters. The first-order chi connectivity index (χ1) is 19.6. The lowest BCUT2D eigenvalue weighted by Crippen LogP contribution is -2.53. The summed E-state index contributed by atoms with van der Waals surface area (Å²) in [7, 11) is 0. The largest absolute Gasteiger partial charge is 0.342 e. The van der Waals surface area contributed by atoms with Crippen molar-refractivity contribution in [2.75, 3.05) is 31.5 Å². The molecule has 2 N–H and O–H groups in total. The van der Waals surface area contributed by atoms with Gasteiger partial charge in [-0.3, -0.25) is 9.59 Å². The minimum absolute atomic E-state index is 0.0233. The van der Waals surface area contributed by atoms with E-state index in [0.717, 1.165) is 42.6 Å². The number of carbonyl (C=O) groups excluding carboxylic acids is 3. The van der Waals surface area contributed by atoms with Crippen molar-refractivity contribution in [2.45, 2.75) is 44.6 Å². The van der Waals surface area contributed by atoms with Crippen molar-refractivity contribution < 1.29 is 14.4 Å². The van der Waals surface area contributed by atoms with E-state index in [1.54, 1.807) is 0 Å². The zero-order chi connectivity index (χ0) is 27.7. The molecule has 3 aromatic rings. The minimum atomic E-state index is -0.708. The Bertz CT molecular complexity index is 1270. The maximum Gasteiger partial charge on any atom is 0.319 e. The molecule has 5 rings (SSSR count). The predicted octanol–water partition coefficient (Wildman–Crippen LogP) is 5.34. The smallest absolute Gasteiger partial charge is 0.319 e. The monoisotopic (exact) mass is 538 g/mol. The number of hydrogen-bond donors (Lipinski definition) is 2. The molecule has 0 saturated carbocycles. The first-order valence-corrected chi connectivity index (χ1v) is 14.4. The quantitative estimate of drug-likeness (QED) is 0.426. The lowest BCUT2D eigenvalue weighted by atomic mass is 9.93. The average molecular weight is 539 g/mol. The summed E-state index contributed by atoms with van der Waals surface area (Å²) in [6.07, 6.45) is 5.08. The molecule has 40 heavy (non-hydrogen) atoms. The summed E-state index contributed by atoms with van der Waals surface area (Å²) in [5, 5.41) is 5.81. The Morgan fingerprint density at radius 1 is 0.700 bits per heavy atom. The van der Waals surface area contributed by atoms with Gasteiger partial charge in [-0.1, -0.05) is 72.8 Å². The van der Waals surface area contributed by atoms with Crippen LogP contribution in [0.2, 0.25) is 0 Å². The zero-order valence-corrected chi connectivity index (χ0v) is 22.9. The topological polar surface area (TPSA) is 81.8 Å². The van der Waals surface area contributed by atoms with E-state index in [2.05, 4.69) is 10.6 Å². The molecule has 2 aliphatic rings. The van der Waals surface area contributed by atoms with Gasteiger partial charge in [0.15, 0.2) is 0 Å². The van der Waals surface area contributed by atoms with Crippen LogP contribution in [0.5, 0.6) is 0 Å². The molecule has 0 aliphatic carbocycles. The van der Waals surface area contributed by atoms with Crippen LogP contribution in [-0.4, -0.2) is 59.9 Å². The number of piperidine rings is 2. The number of hydrogen-bond acceptors (Lipinski definition) is 3. The molecule has 7 heteroatoms. The Morgan fingerprint density at radius 3 is 1.95 bits per heavy atom. The highest BCUT2D eigenvalue weighted by Crippen LogP contribution is 2.24. The van der Waals surface area contributed by atoms with Crippen molar-refractivity contribution in [3.8, 4) is 11.1 Å². The molecule has 7 nitrogen and oxygen atoms in total. The van der Waals surface area contributed by atoms with Gasteiger partial charge < -0.3 is 20.4 Å². The molecule has 2 saturated heterocycles. The van der Waals surface area contributed by atoms with Crippen LogP contribution < -0.4 is 10.6 Å². The van der Waals surface area contributed by atoms with Crippen molar-refractivity contribution in [2.24, 2.45) is 5.92 Å². The summed E-state index contributed by atoms with van der Waals surface area (Å²) >= 11 is 0. The summed E-state index contributed by atoms with van der Waals surface area (Å²) in [5.41, 5.74) is 3.79. The van der Waals surface area contributed by atoms with E-state index in [1.165, 1.54) is 6.42 Å². The van der Waals surface area contributed by atoms with Gasteiger partial charge in [0.1, 0.15) is 6.04 Å². The second-order valence-electron chi connectivity index (χ2n) is 10.8. The van der Waals surface area contributed by atoms with Gasteiger partial charge in [0.25, 0.3) is 0 Å². The fourth-order valence-corrected chi connectivity index (χ4v) is 5.69. The Kier molecular flexibility index (Phi) is 9.11. The normalized spacial score (nSPS) is 16.7. The number of rotatable bonds is 7. The molecular weight excluding hydrogens is 500 g/mol. The highest BCUT2D eigenvalue weighted by Gasteiger charge is 2.33. The summed E-state index contributed by atoms with van der Waals surface area (Å²) < 4.78 is 0. The van der Waals surface area contributed by atoms with E-state index in [9.17, 15) is 14.4 Å². The van der Waals surface area contributed by atoms with Crippen molar-refractivity contribution in [3.05, 3.63) is 90.5 Å². The first kappa shape index (κ1) is 27.4. The van der Waals surface area contributed by atoms with Crippen LogP contribution in [0.15, 0.2) is 84.9 Å². The highest BCUT2D eigenvalue weighted by molar-refractivity contribution is 5.94. The maximum absolute atomic E-state index is 13.7. The molecule has 2 fully saturated rings. The number of carbonyl (C=O) groups is 3. The Hall–Kier alpha value is -4.13. The molecular formula is C33H38N4O3. The summed E-state index contributed by atoms with van der Waals surface area (Å²) in [4.78, 5) is 43.5. The Morgan fingerprint density at radius 2 is 1.30 bits per heavy atom. The Labute approximate surface area is 236 Å². The second kappa shape index (κ2) is 13.3. The van der Waals surface area contributed by atoms with Crippen molar-refractivity contribution in [3.63, 3.8) is 0 Å². The molecule has 3 aromatic carbocycles. The van der Waals surface area contributed by atoms with E-state index in [-0.39, 0.29) is 17.7 Å². The molecule has 2 aliphatic heterocycles. The third-order valence-corrected chi connectivity index (χ3v) is 7.96. The molecule has 208 valence electrons. The number of benzene rings is 3. The predicted molar refractivity (Wildman–Crippen MR) is 158 cm³/mol. The van der Waals surface area contributed by atoms with E-state index < -0.39 is 12.1 Å². The van der Waals surface area contributed by atoms with Crippen LogP contribution >= 0.6 is 0 Å². The van der Waals surface area contributed by atoms with Gasteiger partial charge >= 0.3 is 6.03 Å². The summed E-state index contributed by atoms with van der Waals surface area (Å²) in [5.74, 6) is 0.107. The molecule has 4 amide bonds. The molecule has 2 heterocycles. The van der Waals surface area contributed by atoms with Gasteiger partial charge in [0.2, 0.25) is 11.8 Å². The number of nitrogens with zero attached hydrogens (tertiary/aromatic N) is 2. The lowest BCUT2D eigenvalue weighted by Gasteiger charge is -2.37. The van der Waals surface area contributed by atoms with Crippen LogP contribution in [0, 0.1) is 5.92 Å². The SMILES string of the molecule is O=C(Nc1ccc(-c2ccccc2)cc1)N[C@@H](Cc1ccccc1)C(=O)N1CCC(C(=O)N2CCCCC2)CC1. The molecule has 0 bridgehead atoms. The second-order valence-corrected chi connectivity index (χ2v) is 10.8. The number of amides is 4. The number of nitrogens with one attached hydrogen (secondary N) is 2. The maximum atomic E-state index is 13.7. The van der Waals surface area contributed by atoms with Gasteiger partial charge in [-0.25, -0.2) is 4.79 Å². The lowest BCUT2D eigenvalue weighted by molar-refractivity contribution is -0.142. The van der Waals surface area contributed by atoms with E-state index >= 15 is 0 Å². The summed E-state index contributed by atoms with van der Waals surface area (Å²) in [6.45, 7) is 2.76. The summed E-state index contributed by atoms with van der Waals surface area (Å²) in [6, 6.07) is 26.3. The number of likely N-dealkylation sites (tertiary alicyclic amines) is 2. The van der Waals surface area contributed by atoms with Crippen molar-refractivity contribution in [1.29, 1.82) is 0 Å². The van der Waals surface area contributed by atoms with Crippen LogP contribution in [0.1, 0.15) is 37.7 Å². The van der Waals surface area contributed by atoms with Gasteiger partial charge in [-0.2, -0.15) is 0 Å². The molecule has 0 aromatic heterocycles. The fraction of sp³-hybridized carbons (Fsp3) is 0.364. The first-order valence-electron chi connectivity index (χ1n) is 14.4. The van der Waals surface area contributed by atoms with E-state index in [4.69, 9.17) is 0 Å². The Balaban J connectivity index is 1.20. The van der Waals surface area contributed by atoms with Gasteiger partial charge in [-0.05, 0) is 60.9 Å². The van der Waals surface area contributed by atoms with Crippen LogP contribution in [-0.2, 0) is 16.0 Å². The van der Waals surface area contributed by atoms with Crippen LogP contribution in [0.3, 0.4) is 0 Å². The third-order valence-electron chi connectivity index (χ3n) is 7.96. The van der Waals surface area contributed by atoms with E-state index in [0.29, 0.717) is 38.0 Å². The number of anilines is 1. The molecule has 0 radical (unpaired) electrons.